The van der Waals surface area contributed by atoms with Crippen molar-refractivity contribution in [3.05, 3.63) is 22.8 Å². The van der Waals surface area contributed by atoms with E-state index in [1.54, 1.807) is 6.08 Å². The highest BCUT2D eigenvalue weighted by Crippen LogP contribution is 2.13. The van der Waals surface area contributed by atoms with E-state index in [9.17, 15) is 4.79 Å². The molecule has 0 saturated heterocycles. The Morgan fingerprint density at radius 3 is 2.08 bits per heavy atom. The smallest absolute Gasteiger partial charge is 0.142 e. The molecular weight excluding hydrogens is 148 g/mol. The average Bonchev–Trinajstić information content (AvgIpc) is 2.00. The molecule has 0 aromatic heterocycles. The van der Waals surface area contributed by atoms with Crippen LogP contribution in [-0.2, 0) is 4.79 Å². The van der Waals surface area contributed by atoms with Gasteiger partial charge in [-0.2, -0.15) is 0 Å². The maximum Gasteiger partial charge on any atom is 0.142 e. The lowest BCUT2D eigenvalue weighted by atomic mass is 10.0. The highest BCUT2D eigenvalue weighted by molar-refractivity contribution is 5.65. The van der Waals surface area contributed by atoms with Crippen molar-refractivity contribution in [1.82, 2.24) is 0 Å². The molecule has 0 N–H and O–H groups in total. The van der Waals surface area contributed by atoms with E-state index in [2.05, 4.69) is 20.8 Å². The van der Waals surface area contributed by atoms with Crippen molar-refractivity contribution in [3.63, 3.8) is 0 Å². The molecular formula is C11H18O. The molecule has 0 atom stereocenters. The summed E-state index contributed by atoms with van der Waals surface area (Å²) in [6.07, 6.45) is 4.56. The van der Waals surface area contributed by atoms with Gasteiger partial charge < -0.3 is 0 Å². The van der Waals surface area contributed by atoms with E-state index in [1.807, 2.05) is 6.92 Å². The second-order valence-electron chi connectivity index (χ2n) is 3.43. The summed E-state index contributed by atoms with van der Waals surface area (Å²) < 4.78 is 0. The average molecular weight is 166 g/mol. The lowest BCUT2D eigenvalue weighted by Gasteiger charge is -2.03. The van der Waals surface area contributed by atoms with Gasteiger partial charge in [0.25, 0.3) is 0 Å². The third-order valence-corrected chi connectivity index (χ3v) is 2.10. The van der Waals surface area contributed by atoms with Crippen LogP contribution in [0, 0.1) is 0 Å². The molecule has 0 radical (unpaired) electrons. The second-order valence-corrected chi connectivity index (χ2v) is 3.43. The first-order valence-corrected chi connectivity index (χ1v) is 4.31. The van der Waals surface area contributed by atoms with E-state index < -0.39 is 0 Å². The normalized spacial score (nSPS) is 11.2. The van der Waals surface area contributed by atoms with Crippen molar-refractivity contribution < 1.29 is 4.79 Å². The molecule has 68 valence electrons. The van der Waals surface area contributed by atoms with Crippen molar-refractivity contribution >= 4 is 6.29 Å². The maximum atomic E-state index is 10.1. The van der Waals surface area contributed by atoms with Crippen LogP contribution in [-0.4, -0.2) is 6.29 Å². The predicted octanol–water partition coefficient (Wildman–Crippen LogP) is 3.27. The van der Waals surface area contributed by atoms with Gasteiger partial charge in [0.05, 0.1) is 0 Å². The highest BCUT2D eigenvalue weighted by Gasteiger charge is 1.93. The zero-order valence-corrected chi connectivity index (χ0v) is 8.48. The zero-order chi connectivity index (χ0) is 9.56. The first kappa shape index (κ1) is 11.2. The lowest BCUT2D eigenvalue weighted by Crippen LogP contribution is -1.84. The summed E-state index contributed by atoms with van der Waals surface area (Å²) in [5, 5.41) is 0. The van der Waals surface area contributed by atoms with E-state index in [4.69, 9.17) is 0 Å². The molecule has 0 unspecified atom stereocenters. The Kier molecular flexibility index (Phi) is 5.35. The minimum Gasteiger partial charge on any atom is -0.299 e. The predicted molar refractivity (Wildman–Crippen MR) is 53.1 cm³/mol. The summed E-state index contributed by atoms with van der Waals surface area (Å²) in [7, 11) is 0. The van der Waals surface area contributed by atoms with Crippen LogP contribution >= 0.6 is 0 Å². The zero-order valence-electron chi connectivity index (χ0n) is 8.48. The molecule has 0 spiro atoms. The fourth-order valence-corrected chi connectivity index (χ4v) is 0.834. The summed E-state index contributed by atoms with van der Waals surface area (Å²) in [4.78, 5) is 10.1. The Hall–Kier alpha value is -0.850. The minimum atomic E-state index is 0.854. The molecule has 0 aliphatic rings. The molecule has 0 heterocycles. The molecule has 0 fully saturated rings. The van der Waals surface area contributed by atoms with Crippen molar-refractivity contribution in [3.8, 4) is 0 Å². The van der Waals surface area contributed by atoms with Crippen LogP contribution in [0.2, 0.25) is 0 Å². The van der Waals surface area contributed by atoms with Crippen LogP contribution in [0.1, 0.15) is 40.5 Å². The molecule has 1 heteroatoms. The fraction of sp³-hybridized carbons (Fsp3) is 0.545. The van der Waals surface area contributed by atoms with Gasteiger partial charge in [-0.1, -0.05) is 16.7 Å². The summed E-state index contributed by atoms with van der Waals surface area (Å²) in [5.74, 6) is 0. The Labute approximate surface area is 75.2 Å². The number of allylic oxidation sites excluding steroid dienone is 4. The van der Waals surface area contributed by atoms with Gasteiger partial charge in [-0.25, -0.2) is 0 Å². The number of hydrogen-bond acceptors (Lipinski definition) is 1. The van der Waals surface area contributed by atoms with E-state index in [1.165, 1.54) is 11.1 Å². The van der Waals surface area contributed by atoms with Gasteiger partial charge in [0, 0.05) is 0 Å². The fourth-order valence-electron chi connectivity index (χ4n) is 0.834. The quantitative estimate of drug-likeness (QED) is 0.356. The number of carbonyl (C=O) groups excluding carboxylic acids is 1. The van der Waals surface area contributed by atoms with Crippen LogP contribution in [0.3, 0.4) is 0 Å². The van der Waals surface area contributed by atoms with Crippen LogP contribution in [0.5, 0.6) is 0 Å². The van der Waals surface area contributed by atoms with E-state index in [0.717, 1.165) is 24.7 Å². The van der Waals surface area contributed by atoms with Crippen molar-refractivity contribution in [2.24, 2.45) is 0 Å². The summed E-state index contributed by atoms with van der Waals surface area (Å²) in [6, 6.07) is 0. The number of aldehydes is 1. The van der Waals surface area contributed by atoms with Gasteiger partial charge in [-0.3, -0.25) is 4.79 Å². The van der Waals surface area contributed by atoms with Gasteiger partial charge >= 0.3 is 0 Å². The first-order chi connectivity index (χ1) is 5.57. The SMILES string of the molecule is CC(C)=C(C)CC/C(C)=C/C=O. The molecule has 0 bridgehead atoms. The Bertz CT molecular complexity index is 205. The monoisotopic (exact) mass is 166 g/mol. The van der Waals surface area contributed by atoms with E-state index in [0.29, 0.717) is 0 Å². The topological polar surface area (TPSA) is 17.1 Å². The lowest BCUT2D eigenvalue weighted by molar-refractivity contribution is -0.104. The Morgan fingerprint density at radius 2 is 1.67 bits per heavy atom. The van der Waals surface area contributed by atoms with Gasteiger partial charge in [-0.05, 0) is 46.6 Å². The molecule has 0 amide bonds. The molecule has 0 aliphatic carbocycles. The van der Waals surface area contributed by atoms with Gasteiger partial charge in [0.1, 0.15) is 6.29 Å². The standard InChI is InChI=1S/C11H18O/c1-9(2)11(4)6-5-10(3)7-8-12/h7-8H,5-6H2,1-4H3/b10-7+. The molecule has 0 rings (SSSR count). The third-order valence-electron chi connectivity index (χ3n) is 2.10. The molecule has 0 saturated carbocycles. The van der Waals surface area contributed by atoms with Crippen LogP contribution in [0.25, 0.3) is 0 Å². The molecule has 12 heavy (non-hydrogen) atoms. The third kappa shape index (κ3) is 4.89. The molecule has 1 nitrogen and oxygen atoms in total. The second kappa shape index (κ2) is 5.76. The van der Waals surface area contributed by atoms with Crippen molar-refractivity contribution in [1.29, 1.82) is 0 Å². The largest absolute Gasteiger partial charge is 0.299 e. The van der Waals surface area contributed by atoms with Crippen LogP contribution in [0.15, 0.2) is 22.8 Å². The van der Waals surface area contributed by atoms with Crippen LogP contribution < -0.4 is 0 Å². The Morgan fingerprint density at radius 1 is 1.08 bits per heavy atom. The van der Waals surface area contributed by atoms with Crippen molar-refractivity contribution in [2.75, 3.05) is 0 Å². The van der Waals surface area contributed by atoms with Crippen molar-refractivity contribution in [2.45, 2.75) is 40.5 Å². The summed E-state index contributed by atoms with van der Waals surface area (Å²) in [6.45, 7) is 8.37. The van der Waals surface area contributed by atoms with Gasteiger partial charge in [0.2, 0.25) is 0 Å². The summed E-state index contributed by atoms with van der Waals surface area (Å²) in [5.41, 5.74) is 3.97. The highest BCUT2D eigenvalue weighted by atomic mass is 16.1. The Balaban J connectivity index is 3.92. The van der Waals surface area contributed by atoms with Gasteiger partial charge in [0.15, 0.2) is 0 Å². The summed E-state index contributed by atoms with van der Waals surface area (Å²) >= 11 is 0. The first-order valence-electron chi connectivity index (χ1n) is 4.31. The maximum absolute atomic E-state index is 10.1. The number of carbonyl (C=O) groups is 1. The van der Waals surface area contributed by atoms with E-state index in [-0.39, 0.29) is 0 Å². The van der Waals surface area contributed by atoms with Gasteiger partial charge in [-0.15, -0.1) is 0 Å². The van der Waals surface area contributed by atoms with Crippen LogP contribution in [0.4, 0.5) is 0 Å². The molecule has 0 aromatic carbocycles. The van der Waals surface area contributed by atoms with E-state index >= 15 is 0 Å². The molecule has 0 aliphatic heterocycles. The number of hydrogen-bond donors (Lipinski definition) is 0. The minimum absolute atomic E-state index is 0.854. The molecule has 0 aromatic rings. The number of rotatable bonds is 4.